The number of alkyl halides is 3. The Labute approximate surface area is 189 Å². The Morgan fingerprint density at radius 1 is 1.12 bits per heavy atom. The first-order chi connectivity index (χ1) is 15.2. The molecule has 0 radical (unpaired) electrons. The molecule has 0 saturated heterocycles. The van der Waals surface area contributed by atoms with Gasteiger partial charge >= 0.3 is 12.1 Å². The standard InChI is InChI=1S/C23H22F3NO5S/c1-12(2)32-18-11-17-16(10-19(18)33(5,29)30)20(22(28)31-4)13(3)21(27-17)14-7-6-8-15(9-14)23(24,25)26/h6-12H,1-5H3. The van der Waals surface area contributed by atoms with Gasteiger partial charge in [-0.25, -0.2) is 18.2 Å². The number of pyridine rings is 1. The van der Waals surface area contributed by atoms with Crippen LogP contribution in [0.3, 0.4) is 0 Å². The number of aromatic nitrogens is 1. The minimum atomic E-state index is -4.56. The predicted molar refractivity (Wildman–Crippen MR) is 117 cm³/mol. The molecule has 0 bridgehead atoms. The summed E-state index contributed by atoms with van der Waals surface area (Å²) in [5, 5.41) is 0.187. The number of carbonyl (C=O) groups excluding carboxylic acids is 1. The van der Waals surface area contributed by atoms with Crippen LogP contribution in [0.2, 0.25) is 0 Å². The number of methoxy groups -OCH3 is 1. The Morgan fingerprint density at radius 3 is 2.33 bits per heavy atom. The molecule has 0 N–H and O–H groups in total. The molecule has 6 nitrogen and oxygen atoms in total. The van der Waals surface area contributed by atoms with Crippen LogP contribution in [0.5, 0.6) is 5.75 Å². The lowest BCUT2D eigenvalue weighted by molar-refractivity contribution is -0.137. The number of sulfone groups is 1. The third-order valence-corrected chi connectivity index (χ3v) is 6.03. The molecule has 0 aliphatic rings. The quantitative estimate of drug-likeness (QED) is 0.466. The van der Waals surface area contributed by atoms with E-state index in [9.17, 15) is 26.4 Å². The smallest absolute Gasteiger partial charge is 0.416 e. The molecule has 0 aliphatic heterocycles. The van der Waals surface area contributed by atoms with E-state index in [-0.39, 0.29) is 50.0 Å². The number of halogens is 3. The first kappa shape index (κ1) is 24.5. The highest BCUT2D eigenvalue weighted by Gasteiger charge is 2.31. The van der Waals surface area contributed by atoms with Crippen LogP contribution in [0.1, 0.15) is 35.3 Å². The van der Waals surface area contributed by atoms with Gasteiger partial charge in [0.15, 0.2) is 9.84 Å². The summed E-state index contributed by atoms with van der Waals surface area (Å²) in [6.07, 6.45) is -3.91. The molecule has 10 heteroatoms. The topological polar surface area (TPSA) is 82.6 Å². The van der Waals surface area contributed by atoms with E-state index in [0.717, 1.165) is 25.5 Å². The van der Waals surface area contributed by atoms with Gasteiger partial charge in [0, 0.05) is 23.3 Å². The molecular weight excluding hydrogens is 459 g/mol. The van der Waals surface area contributed by atoms with Gasteiger partial charge in [-0.1, -0.05) is 12.1 Å². The molecule has 0 atom stereocenters. The van der Waals surface area contributed by atoms with Gasteiger partial charge in [-0.3, -0.25) is 0 Å². The van der Waals surface area contributed by atoms with Crippen molar-refractivity contribution in [3.8, 4) is 17.0 Å². The SMILES string of the molecule is COC(=O)c1c(C)c(-c2cccc(C(F)(F)F)c2)nc2cc(OC(C)C)c(S(C)(=O)=O)cc12. The van der Waals surface area contributed by atoms with Gasteiger partial charge in [-0.15, -0.1) is 0 Å². The van der Waals surface area contributed by atoms with E-state index in [1.165, 1.54) is 31.2 Å². The van der Waals surface area contributed by atoms with E-state index in [1.807, 2.05) is 0 Å². The molecule has 176 valence electrons. The lowest BCUT2D eigenvalue weighted by Crippen LogP contribution is -2.12. The average Bonchev–Trinajstić information content (AvgIpc) is 2.71. The molecule has 33 heavy (non-hydrogen) atoms. The van der Waals surface area contributed by atoms with Crippen LogP contribution >= 0.6 is 0 Å². The molecule has 0 unspecified atom stereocenters. The first-order valence-corrected chi connectivity index (χ1v) is 11.7. The Morgan fingerprint density at radius 2 is 1.79 bits per heavy atom. The molecule has 0 saturated carbocycles. The van der Waals surface area contributed by atoms with Crippen LogP contribution in [0.15, 0.2) is 41.3 Å². The van der Waals surface area contributed by atoms with Crippen LogP contribution < -0.4 is 4.74 Å². The van der Waals surface area contributed by atoms with Gasteiger partial charge in [0.2, 0.25) is 0 Å². The second-order valence-electron chi connectivity index (χ2n) is 7.79. The maximum Gasteiger partial charge on any atom is 0.416 e. The van der Waals surface area contributed by atoms with Crippen molar-refractivity contribution in [3.05, 3.63) is 53.1 Å². The second-order valence-corrected chi connectivity index (χ2v) is 9.77. The second kappa shape index (κ2) is 8.66. The molecule has 0 amide bonds. The fraction of sp³-hybridized carbons (Fsp3) is 0.304. The lowest BCUT2D eigenvalue weighted by atomic mass is 9.96. The van der Waals surface area contributed by atoms with E-state index in [2.05, 4.69) is 4.98 Å². The highest BCUT2D eigenvalue weighted by molar-refractivity contribution is 7.90. The van der Waals surface area contributed by atoms with Crippen molar-refractivity contribution in [2.24, 2.45) is 0 Å². The number of rotatable bonds is 5. The fourth-order valence-corrected chi connectivity index (χ4v) is 4.30. The minimum Gasteiger partial charge on any atom is -0.490 e. The van der Waals surface area contributed by atoms with Crippen LogP contribution in [0.4, 0.5) is 13.2 Å². The Kier molecular flexibility index (Phi) is 6.43. The number of esters is 1. The molecule has 0 fully saturated rings. The monoisotopic (exact) mass is 481 g/mol. The van der Waals surface area contributed by atoms with Crippen molar-refractivity contribution in [1.29, 1.82) is 0 Å². The van der Waals surface area contributed by atoms with Gasteiger partial charge < -0.3 is 9.47 Å². The van der Waals surface area contributed by atoms with E-state index < -0.39 is 27.5 Å². The van der Waals surface area contributed by atoms with Crippen molar-refractivity contribution in [1.82, 2.24) is 4.98 Å². The zero-order valence-corrected chi connectivity index (χ0v) is 19.4. The van der Waals surface area contributed by atoms with E-state index in [4.69, 9.17) is 9.47 Å². The summed E-state index contributed by atoms with van der Waals surface area (Å²) in [6.45, 7) is 4.95. The van der Waals surface area contributed by atoms with Crippen molar-refractivity contribution in [2.75, 3.05) is 13.4 Å². The zero-order chi connectivity index (χ0) is 24.7. The van der Waals surface area contributed by atoms with Crippen LogP contribution in [-0.2, 0) is 20.8 Å². The van der Waals surface area contributed by atoms with Crippen molar-refractivity contribution in [3.63, 3.8) is 0 Å². The molecule has 2 aromatic carbocycles. The molecular formula is C23H22F3NO5S. The number of fused-ring (bicyclic) bond motifs is 1. The van der Waals surface area contributed by atoms with Crippen molar-refractivity contribution < 1.29 is 35.9 Å². The molecule has 1 heterocycles. The van der Waals surface area contributed by atoms with E-state index >= 15 is 0 Å². The lowest BCUT2D eigenvalue weighted by Gasteiger charge is -2.18. The summed E-state index contributed by atoms with van der Waals surface area (Å²) < 4.78 is 75.2. The Hall–Kier alpha value is -3.14. The summed E-state index contributed by atoms with van der Waals surface area (Å²) >= 11 is 0. The zero-order valence-electron chi connectivity index (χ0n) is 18.6. The molecule has 0 spiro atoms. The van der Waals surface area contributed by atoms with Gasteiger partial charge in [-0.2, -0.15) is 13.2 Å². The summed E-state index contributed by atoms with van der Waals surface area (Å²) in [4.78, 5) is 17.0. The van der Waals surface area contributed by atoms with Crippen molar-refractivity contribution >= 4 is 26.7 Å². The number of ether oxygens (including phenoxy) is 2. The Bertz CT molecular complexity index is 1350. The van der Waals surface area contributed by atoms with Gasteiger partial charge in [0.05, 0.1) is 35.6 Å². The van der Waals surface area contributed by atoms with Crippen molar-refractivity contribution in [2.45, 2.75) is 37.9 Å². The van der Waals surface area contributed by atoms with E-state index in [0.29, 0.717) is 0 Å². The summed E-state index contributed by atoms with van der Waals surface area (Å²) in [6, 6.07) is 7.24. The van der Waals surface area contributed by atoms with Crippen LogP contribution in [0, 0.1) is 6.92 Å². The third-order valence-electron chi connectivity index (χ3n) is 4.91. The normalized spacial score (nSPS) is 12.3. The first-order valence-electron chi connectivity index (χ1n) is 9.85. The maximum absolute atomic E-state index is 13.3. The highest BCUT2D eigenvalue weighted by atomic mass is 32.2. The highest BCUT2D eigenvalue weighted by Crippen LogP contribution is 2.37. The fourth-order valence-electron chi connectivity index (χ4n) is 3.49. The van der Waals surface area contributed by atoms with Crippen LogP contribution in [-0.4, -0.2) is 38.8 Å². The molecule has 3 aromatic rings. The number of hydrogen-bond donors (Lipinski definition) is 0. The summed E-state index contributed by atoms with van der Waals surface area (Å²) in [5.74, 6) is -0.743. The predicted octanol–water partition coefficient (Wildman–Crippen LogP) is 5.21. The molecule has 3 rings (SSSR count). The minimum absolute atomic E-state index is 0.0101. The third kappa shape index (κ3) is 4.95. The average molecular weight is 481 g/mol. The van der Waals surface area contributed by atoms with Gasteiger partial charge in [-0.05, 0) is 44.5 Å². The van der Waals surface area contributed by atoms with Gasteiger partial charge in [0.25, 0.3) is 0 Å². The van der Waals surface area contributed by atoms with Gasteiger partial charge in [0.1, 0.15) is 10.6 Å². The van der Waals surface area contributed by atoms with E-state index in [1.54, 1.807) is 13.8 Å². The Balaban J connectivity index is 2.43. The number of benzene rings is 2. The summed E-state index contributed by atoms with van der Waals surface area (Å²) in [5.41, 5.74) is -0.139. The largest absolute Gasteiger partial charge is 0.490 e. The maximum atomic E-state index is 13.3. The molecule has 1 aromatic heterocycles. The molecule has 0 aliphatic carbocycles. The number of nitrogens with zero attached hydrogens (tertiary/aromatic N) is 1. The summed E-state index contributed by atoms with van der Waals surface area (Å²) in [7, 11) is -2.59. The number of hydrogen-bond acceptors (Lipinski definition) is 6. The van der Waals surface area contributed by atoms with Crippen LogP contribution in [0.25, 0.3) is 22.2 Å². The number of carbonyl (C=O) groups is 1.